The largest absolute Gasteiger partial charge is 0.344 e. The van der Waals surface area contributed by atoms with Gasteiger partial charge in [-0.3, -0.25) is 14.4 Å². The number of amides is 2. The molecule has 8 nitrogen and oxygen atoms in total. The summed E-state index contributed by atoms with van der Waals surface area (Å²) < 4.78 is 27.4. The predicted molar refractivity (Wildman–Crippen MR) is 171 cm³/mol. The molecule has 0 aromatic heterocycles. The van der Waals surface area contributed by atoms with Crippen molar-refractivity contribution >= 4 is 27.6 Å². The zero-order chi connectivity index (χ0) is 31.4. The molecule has 2 amide bonds. The van der Waals surface area contributed by atoms with Crippen molar-refractivity contribution in [1.82, 2.24) is 14.5 Å². The van der Waals surface area contributed by atoms with Crippen LogP contribution < -0.4 is 5.32 Å². The lowest BCUT2D eigenvalue weighted by atomic mass is 9.81. The van der Waals surface area contributed by atoms with Crippen molar-refractivity contribution in [2.24, 2.45) is 17.8 Å². The number of ketones is 1. The van der Waals surface area contributed by atoms with Gasteiger partial charge in [0.15, 0.2) is 0 Å². The molecular formula is C35H47N3O5S. The smallest absolute Gasteiger partial charge is 0.245 e. The van der Waals surface area contributed by atoms with Crippen LogP contribution in [0.1, 0.15) is 82.3 Å². The minimum Gasteiger partial charge on any atom is -0.344 e. The van der Waals surface area contributed by atoms with Gasteiger partial charge in [0.1, 0.15) is 11.8 Å². The standard InChI is InChI=1S/C35H47N3O5S/c1-4-24(2)34(40)36-32(27-18-12-7-13-19-27)35(41)37-21-20-30-33(37)29(23-38(30)44(3,42)43)31(39)22-28(25-14-8-5-9-15-25)26-16-10-6-11-17-26/h5-6,8-11,14-17,24,27-30,32-33H,4,7,12-13,18-23H2,1-3H3,(H,36,40)/t24-,29-,30-,32+,33-/m1/s1. The van der Waals surface area contributed by atoms with Gasteiger partial charge in [0.2, 0.25) is 21.8 Å². The van der Waals surface area contributed by atoms with Crippen LogP contribution in [-0.4, -0.2) is 72.7 Å². The predicted octanol–water partition coefficient (Wildman–Crippen LogP) is 4.75. The molecule has 0 bridgehead atoms. The van der Waals surface area contributed by atoms with Gasteiger partial charge in [-0.05, 0) is 42.7 Å². The van der Waals surface area contributed by atoms with E-state index in [1.54, 1.807) is 4.90 Å². The number of carbonyl (C=O) groups excluding carboxylic acids is 3. The third-order valence-electron chi connectivity index (χ3n) is 10.3. The number of Topliss-reactive ketones (excluding diaryl/α,β-unsaturated/α-hetero) is 1. The Morgan fingerprint density at radius 3 is 2.05 bits per heavy atom. The molecule has 0 unspecified atom stereocenters. The van der Waals surface area contributed by atoms with Crippen molar-refractivity contribution in [2.75, 3.05) is 19.3 Å². The lowest BCUT2D eigenvalue weighted by Gasteiger charge is -2.36. The quantitative estimate of drug-likeness (QED) is 0.390. The highest BCUT2D eigenvalue weighted by atomic mass is 32.2. The van der Waals surface area contributed by atoms with Crippen LogP contribution in [0.5, 0.6) is 0 Å². The highest BCUT2D eigenvalue weighted by Gasteiger charge is 2.56. The van der Waals surface area contributed by atoms with Gasteiger partial charge in [-0.25, -0.2) is 8.42 Å². The van der Waals surface area contributed by atoms with Crippen molar-refractivity contribution in [1.29, 1.82) is 0 Å². The van der Waals surface area contributed by atoms with Gasteiger partial charge < -0.3 is 10.2 Å². The SMILES string of the molecule is CC[C@@H](C)C(=O)N[C@H](C(=O)N1CC[C@@H]2[C@H]1[C@@H](C(=O)CC(c1ccccc1)c1ccccc1)CN2S(C)(=O)=O)C1CCCCC1. The minimum atomic E-state index is -3.61. The molecule has 0 spiro atoms. The molecule has 3 fully saturated rings. The second-order valence-corrected chi connectivity index (χ2v) is 15.0. The Bertz CT molecular complexity index is 1370. The Kier molecular flexibility index (Phi) is 10.3. The molecule has 1 N–H and O–H groups in total. The molecular weight excluding hydrogens is 574 g/mol. The number of hydrogen-bond donors (Lipinski definition) is 1. The third kappa shape index (κ3) is 6.94. The summed E-state index contributed by atoms with van der Waals surface area (Å²) in [5.74, 6) is -1.35. The molecule has 3 aliphatic rings. The van der Waals surface area contributed by atoms with Gasteiger partial charge in [0, 0.05) is 37.4 Å². The maximum atomic E-state index is 14.5. The van der Waals surface area contributed by atoms with Crippen LogP contribution >= 0.6 is 0 Å². The second kappa shape index (κ2) is 13.9. The van der Waals surface area contributed by atoms with Crippen molar-refractivity contribution in [3.8, 4) is 0 Å². The van der Waals surface area contributed by atoms with Gasteiger partial charge >= 0.3 is 0 Å². The Morgan fingerprint density at radius 1 is 0.909 bits per heavy atom. The average Bonchev–Trinajstić information content (AvgIpc) is 3.64. The number of nitrogens with zero attached hydrogens (tertiary/aromatic N) is 2. The molecule has 9 heteroatoms. The van der Waals surface area contributed by atoms with Gasteiger partial charge in [-0.15, -0.1) is 0 Å². The summed E-state index contributed by atoms with van der Waals surface area (Å²) in [6.07, 6.45) is 7.44. The Morgan fingerprint density at radius 2 is 1.50 bits per heavy atom. The van der Waals surface area contributed by atoms with Gasteiger partial charge in [0.05, 0.1) is 18.2 Å². The molecule has 2 aromatic rings. The number of fused-ring (bicyclic) bond motifs is 1. The number of rotatable bonds is 11. The van der Waals surface area contributed by atoms with E-state index in [-0.39, 0.29) is 48.3 Å². The van der Waals surface area contributed by atoms with Gasteiger partial charge in [-0.1, -0.05) is 93.8 Å². The summed E-state index contributed by atoms with van der Waals surface area (Å²) >= 11 is 0. The molecule has 0 radical (unpaired) electrons. The van der Waals surface area contributed by atoms with Crippen LogP contribution in [-0.2, 0) is 24.4 Å². The monoisotopic (exact) mass is 621 g/mol. The topological polar surface area (TPSA) is 104 Å². The van der Waals surface area contributed by atoms with Crippen LogP contribution in [0.15, 0.2) is 60.7 Å². The first-order valence-corrected chi connectivity index (χ1v) is 18.1. The minimum absolute atomic E-state index is 0.0328. The normalized spacial score (nSPS) is 24.2. The van der Waals surface area contributed by atoms with Crippen molar-refractivity contribution in [3.63, 3.8) is 0 Å². The molecule has 2 saturated heterocycles. The maximum absolute atomic E-state index is 14.5. The van der Waals surface area contributed by atoms with E-state index in [9.17, 15) is 22.8 Å². The fourth-order valence-electron chi connectivity index (χ4n) is 7.63. The number of benzene rings is 2. The summed E-state index contributed by atoms with van der Waals surface area (Å²) in [7, 11) is -3.61. The van der Waals surface area contributed by atoms with Crippen molar-refractivity contribution < 1.29 is 22.8 Å². The van der Waals surface area contributed by atoms with E-state index in [0.29, 0.717) is 19.4 Å². The number of hydrogen-bond acceptors (Lipinski definition) is 5. The first-order chi connectivity index (χ1) is 21.1. The van der Waals surface area contributed by atoms with Crippen LogP contribution in [0.4, 0.5) is 0 Å². The van der Waals surface area contributed by atoms with E-state index in [2.05, 4.69) is 5.32 Å². The second-order valence-electron chi connectivity index (χ2n) is 13.1. The number of nitrogens with one attached hydrogen (secondary N) is 1. The van der Waals surface area contributed by atoms with Crippen molar-refractivity contribution in [2.45, 2.75) is 89.3 Å². The molecule has 1 aliphatic carbocycles. The summed E-state index contributed by atoms with van der Waals surface area (Å²) in [6, 6.07) is 18.1. The molecule has 5 rings (SSSR count). The first-order valence-electron chi connectivity index (χ1n) is 16.3. The fourth-order valence-corrected chi connectivity index (χ4v) is 8.78. The molecule has 2 aliphatic heterocycles. The number of carbonyl (C=O) groups is 3. The third-order valence-corrected chi connectivity index (χ3v) is 11.5. The van der Waals surface area contributed by atoms with E-state index < -0.39 is 34.1 Å². The first kappa shape index (κ1) is 32.4. The molecule has 44 heavy (non-hydrogen) atoms. The van der Waals surface area contributed by atoms with Crippen LogP contribution in [0, 0.1) is 17.8 Å². The van der Waals surface area contributed by atoms with E-state index in [1.807, 2.05) is 74.5 Å². The Labute approximate surface area is 262 Å². The zero-order valence-corrected chi connectivity index (χ0v) is 27.0. The molecule has 238 valence electrons. The highest BCUT2D eigenvalue weighted by molar-refractivity contribution is 7.88. The molecule has 2 heterocycles. The molecule has 1 saturated carbocycles. The van der Waals surface area contributed by atoms with Crippen LogP contribution in [0.25, 0.3) is 0 Å². The summed E-state index contributed by atoms with van der Waals surface area (Å²) in [4.78, 5) is 43.6. The van der Waals surface area contributed by atoms with Crippen molar-refractivity contribution in [3.05, 3.63) is 71.8 Å². The van der Waals surface area contributed by atoms with Crippen LogP contribution in [0.2, 0.25) is 0 Å². The Balaban J connectivity index is 1.46. The van der Waals surface area contributed by atoms with E-state index >= 15 is 0 Å². The molecule has 2 aromatic carbocycles. The lowest BCUT2D eigenvalue weighted by molar-refractivity contribution is -0.141. The van der Waals surface area contributed by atoms with Gasteiger partial charge in [-0.2, -0.15) is 4.31 Å². The van der Waals surface area contributed by atoms with Gasteiger partial charge in [0.25, 0.3) is 0 Å². The number of sulfonamides is 1. The van der Waals surface area contributed by atoms with Crippen LogP contribution in [0.3, 0.4) is 0 Å². The van der Waals surface area contributed by atoms with E-state index in [4.69, 9.17) is 0 Å². The number of likely N-dealkylation sites (tertiary alicyclic amines) is 1. The molecule has 5 atom stereocenters. The van der Waals surface area contributed by atoms with E-state index in [0.717, 1.165) is 43.2 Å². The summed E-state index contributed by atoms with van der Waals surface area (Å²) in [6.45, 7) is 4.27. The fraction of sp³-hybridized carbons (Fsp3) is 0.571. The lowest BCUT2D eigenvalue weighted by Crippen LogP contribution is -2.56. The summed E-state index contributed by atoms with van der Waals surface area (Å²) in [5.41, 5.74) is 2.04. The Hall–Kier alpha value is -3.04. The average molecular weight is 622 g/mol. The van der Waals surface area contributed by atoms with E-state index in [1.165, 1.54) is 10.6 Å². The highest BCUT2D eigenvalue weighted by Crippen LogP contribution is 2.41. The summed E-state index contributed by atoms with van der Waals surface area (Å²) in [5, 5.41) is 3.11. The zero-order valence-electron chi connectivity index (χ0n) is 26.2. The maximum Gasteiger partial charge on any atom is 0.245 e.